The molecule has 1 atom stereocenters. The van der Waals surface area contributed by atoms with Gasteiger partial charge in [-0.1, -0.05) is 43.2 Å². The second kappa shape index (κ2) is 8.29. The normalized spacial score (nSPS) is 20.7. The van der Waals surface area contributed by atoms with Gasteiger partial charge < -0.3 is 10.2 Å². The van der Waals surface area contributed by atoms with E-state index in [0.29, 0.717) is 0 Å². The van der Waals surface area contributed by atoms with E-state index >= 15 is 0 Å². The van der Waals surface area contributed by atoms with Crippen molar-refractivity contribution in [1.29, 1.82) is 0 Å². The Morgan fingerprint density at radius 1 is 1.14 bits per heavy atom. The summed E-state index contributed by atoms with van der Waals surface area (Å²) in [7, 11) is 0. The molecule has 2 aliphatic rings. The minimum Gasteiger partial charge on any atom is -0.355 e. The van der Waals surface area contributed by atoms with Crippen LogP contribution in [0, 0.1) is 5.92 Å². The van der Waals surface area contributed by atoms with E-state index in [1.807, 2.05) is 0 Å². The molecule has 148 valence electrons. The quantitative estimate of drug-likeness (QED) is 0.862. The summed E-state index contributed by atoms with van der Waals surface area (Å²) < 4.78 is 0. The van der Waals surface area contributed by atoms with Crippen molar-refractivity contribution in [3.63, 3.8) is 0 Å². The molecule has 5 nitrogen and oxygen atoms in total. The molecular formula is C23H30N4O. The standard InChI is InChI=1S/C23H30N4O/c1-18(23(11-5-6-12-23)20-7-3-2-4-8-20)26-22(28)19-9-15-27(16-10-19)21-17-24-13-14-25-21/h2-4,7-8,13-14,17-19H,5-6,9-12,15-16H2,1H3,(H,26,28). The van der Waals surface area contributed by atoms with E-state index in [9.17, 15) is 4.79 Å². The maximum Gasteiger partial charge on any atom is 0.223 e. The SMILES string of the molecule is CC(NC(=O)C1CCN(c2cnccn2)CC1)C1(c2ccccc2)CCCC1. The highest BCUT2D eigenvalue weighted by molar-refractivity contribution is 5.79. The molecular weight excluding hydrogens is 348 g/mol. The van der Waals surface area contributed by atoms with Crippen LogP contribution in [0.1, 0.15) is 51.0 Å². The second-order valence-corrected chi connectivity index (χ2v) is 8.28. The van der Waals surface area contributed by atoms with Crippen molar-refractivity contribution in [3.05, 3.63) is 54.5 Å². The van der Waals surface area contributed by atoms with Crippen molar-refractivity contribution >= 4 is 11.7 Å². The monoisotopic (exact) mass is 378 g/mol. The van der Waals surface area contributed by atoms with E-state index in [4.69, 9.17) is 0 Å². The number of piperidine rings is 1. The zero-order valence-corrected chi connectivity index (χ0v) is 16.7. The van der Waals surface area contributed by atoms with E-state index in [2.05, 4.69) is 57.4 Å². The molecule has 1 unspecified atom stereocenters. The number of hydrogen-bond donors (Lipinski definition) is 1. The molecule has 4 rings (SSSR count). The van der Waals surface area contributed by atoms with Crippen molar-refractivity contribution in [1.82, 2.24) is 15.3 Å². The molecule has 1 aromatic carbocycles. The summed E-state index contributed by atoms with van der Waals surface area (Å²) in [6.45, 7) is 3.91. The molecule has 2 heterocycles. The van der Waals surface area contributed by atoms with Crippen LogP contribution in [0.15, 0.2) is 48.9 Å². The fraction of sp³-hybridized carbons (Fsp3) is 0.522. The molecule has 1 saturated heterocycles. The lowest BCUT2D eigenvalue weighted by molar-refractivity contribution is -0.126. The predicted octanol–water partition coefficient (Wildman–Crippen LogP) is 3.71. The van der Waals surface area contributed by atoms with Gasteiger partial charge in [-0.2, -0.15) is 0 Å². The summed E-state index contributed by atoms with van der Waals surface area (Å²) in [5.41, 5.74) is 1.45. The van der Waals surface area contributed by atoms with Crippen LogP contribution in [0.5, 0.6) is 0 Å². The number of nitrogens with one attached hydrogen (secondary N) is 1. The lowest BCUT2D eigenvalue weighted by atomic mass is 9.73. The lowest BCUT2D eigenvalue weighted by Gasteiger charge is -2.38. The molecule has 1 N–H and O–H groups in total. The van der Waals surface area contributed by atoms with Gasteiger partial charge in [0.2, 0.25) is 5.91 Å². The molecule has 1 aliphatic carbocycles. The van der Waals surface area contributed by atoms with Crippen molar-refractivity contribution < 1.29 is 4.79 Å². The van der Waals surface area contributed by atoms with E-state index in [1.165, 1.54) is 18.4 Å². The number of carbonyl (C=O) groups is 1. The average molecular weight is 379 g/mol. The Bertz CT molecular complexity index is 766. The van der Waals surface area contributed by atoms with Gasteiger partial charge in [-0.25, -0.2) is 4.98 Å². The fourth-order valence-electron chi connectivity index (χ4n) is 5.04. The van der Waals surface area contributed by atoms with Crippen LogP contribution in [0.2, 0.25) is 0 Å². The Kier molecular flexibility index (Phi) is 5.60. The fourth-order valence-corrected chi connectivity index (χ4v) is 5.04. The van der Waals surface area contributed by atoms with Crippen molar-refractivity contribution in [2.45, 2.75) is 56.9 Å². The molecule has 0 bridgehead atoms. The Balaban J connectivity index is 1.38. The Labute approximate surface area is 167 Å². The van der Waals surface area contributed by atoms with Gasteiger partial charge in [-0.05, 0) is 38.2 Å². The Morgan fingerprint density at radius 3 is 2.50 bits per heavy atom. The number of hydrogen-bond acceptors (Lipinski definition) is 4. The minimum absolute atomic E-state index is 0.0806. The highest BCUT2D eigenvalue weighted by atomic mass is 16.2. The first-order valence-corrected chi connectivity index (χ1v) is 10.6. The van der Waals surface area contributed by atoms with Gasteiger partial charge in [-0.15, -0.1) is 0 Å². The third kappa shape index (κ3) is 3.75. The maximum absolute atomic E-state index is 13.0. The first kappa shape index (κ1) is 18.9. The molecule has 0 radical (unpaired) electrons. The molecule has 0 spiro atoms. The summed E-state index contributed by atoms with van der Waals surface area (Å²) in [5, 5.41) is 3.40. The lowest BCUT2D eigenvalue weighted by Crippen LogP contribution is -2.50. The molecule has 1 amide bonds. The van der Waals surface area contributed by atoms with Crippen LogP contribution >= 0.6 is 0 Å². The molecule has 2 aromatic rings. The predicted molar refractivity (Wildman–Crippen MR) is 111 cm³/mol. The summed E-state index contributed by atoms with van der Waals surface area (Å²) in [6.07, 6.45) is 11.7. The summed E-state index contributed by atoms with van der Waals surface area (Å²) in [5.74, 6) is 1.21. The molecule has 5 heteroatoms. The molecule has 28 heavy (non-hydrogen) atoms. The number of amides is 1. The van der Waals surface area contributed by atoms with Crippen LogP contribution in [0.25, 0.3) is 0 Å². The topological polar surface area (TPSA) is 58.1 Å². The molecule has 2 fully saturated rings. The summed E-state index contributed by atoms with van der Waals surface area (Å²) in [6, 6.07) is 10.9. The first-order valence-electron chi connectivity index (χ1n) is 10.6. The third-order valence-corrected chi connectivity index (χ3v) is 6.77. The van der Waals surface area contributed by atoms with Crippen LogP contribution in [-0.2, 0) is 10.2 Å². The number of aromatic nitrogens is 2. The number of benzene rings is 1. The Hall–Kier alpha value is -2.43. The van der Waals surface area contributed by atoms with E-state index < -0.39 is 0 Å². The van der Waals surface area contributed by atoms with Gasteiger partial charge in [0.1, 0.15) is 5.82 Å². The van der Waals surface area contributed by atoms with Crippen molar-refractivity contribution in [2.24, 2.45) is 5.92 Å². The summed E-state index contributed by atoms with van der Waals surface area (Å²) in [4.78, 5) is 23.8. The largest absolute Gasteiger partial charge is 0.355 e. The van der Waals surface area contributed by atoms with Gasteiger partial charge >= 0.3 is 0 Å². The number of anilines is 1. The number of carbonyl (C=O) groups excluding carboxylic acids is 1. The van der Waals surface area contributed by atoms with Crippen LogP contribution in [0.4, 0.5) is 5.82 Å². The van der Waals surface area contributed by atoms with Gasteiger partial charge in [0, 0.05) is 42.9 Å². The van der Waals surface area contributed by atoms with Crippen molar-refractivity contribution in [3.8, 4) is 0 Å². The van der Waals surface area contributed by atoms with Crippen molar-refractivity contribution in [2.75, 3.05) is 18.0 Å². The van der Waals surface area contributed by atoms with Gasteiger partial charge in [0.15, 0.2) is 0 Å². The summed E-state index contributed by atoms with van der Waals surface area (Å²) >= 11 is 0. The highest BCUT2D eigenvalue weighted by Gasteiger charge is 2.41. The minimum atomic E-state index is 0.0806. The molecule has 1 aliphatic heterocycles. The maximum atomic E-state index is 13.0. The highest BCUT2D eigenvalue weighted by Crippen LogP contribution is 2.43. The first-order chi connectivity index (χ1) is 13.7. The van der Waals surface area contributed by atoms with Crippen LogP contribution < -0.4 is 10.2 Å². The average Bonchev–Trinajstić information content (AvgIpc) is 3.26. The zero-order valence-electron chi connectivity index (χ0n) is 16.7. The van der Waals surface area contributed by atoms with E-state index in [-0.39, 0.29) is 23.3 Å². The van der Waals surface area contributed by atoms with Gasteiger partial charge in [0.25, 0.3) is 0 Å². The Morgan fingerprint density at radius 2 is 1.86 bits per heavy atom. The van der Waals surface area contributed by atoms with Gasteiger partial charge in [0.05, 0.1) is 6.20 Å². The van der Waals surface area contributed by atoms with Gasteiger partial charge in [-0.3, -0.25) is 9.78 Å². The number of nitrogens with zero attached hydrogens (tertiary/aromatic N) is 3. The van der Waals surface area contributed by atoms with Crippen LogP contribution in [-0.4, -0.2) is 35.0 Å². The molecule has 1 saturated carbocycles. The van der Waals surface area contributed by atoms with Crippen LogP contribution in [0.3, 0.4) is 0 Å². The smallest absolute Gasteiger partial charge is 0.223 e. The van der Waals surface area contributed by atoms with E-state index in [1.54, 1.807) is 18.6 Å². The van der Waals surface area contributed by atoms with E-state index in [0.717, 1.165) is 44.6 Å². The number of rotatable bonds is 5. The molecule has 1 aromatic heterocycles. The second-order valence-electron chi connectivity index (χ2n) is 8.28. The zero-order chi connectivity index (χ0) is 19.4. The third-order valence-electron chi connectivity index (χ3n) is 6.77.